The van der Waals surface area contributed by atoms with Gasteiger partial charge in [0.25, 0.3) is 0 Å². The average molecular weight is 336 g/mol. The van der Waals surface area contributed by atoms with Gasteiger partial charge in [-0.15, -0.1) is 0 Å². The number of para-hydroxylation sites is 2. The van der Waals surface area contributed by atoms with Crippen LogP contribution in [0.3, 0.4) is 0 Å². The molecule has 1 aliphatic heterocycles. The van der Waals surface area contributed by atoms with Crippen LogP contribution in [0.25, 0.3) is 0 Å². The monoisotopic (exact) mass is 335 g/mol. The maximum Gasteiger partial charge on any atom is 0.208 e. The number of carbonyl (C=O) groups excluding carboxylic acids is 1. The number of benzene rings is 2. The number of fused-ring (bicyclic) bond motifs is 1. The zero-order chi connectivity index (χ0) is 14.1. The standard InChI is InChI=1S/C15H11BrFNO2/c16-10-5-3-4-9(14(10)17)15(19)13-8-18-11-6-1-2-7-12(11)20-13/h1-7,13,18H,8H2. The van der Waals surface area contributed by atoms with Crippen molar-refractivity contribution in [1.82, 2.24) is 0 Å². The molecule has 1 unspecified atom stereocenters. The van der Waals surface area contributed by atoms with Gasteiger partial charge in [-0.1, -0.05) is 18.2 Å². The number of Topliss-reactive ketones (excluding diaryl/α,β-unsaturated/α-hetero) is 1. The van der Waals surface area contributed by atoms with Gasteiger partial charge in [0.2, 0.25) is 5.78 Å². The van der Waals surface area contributed by atoms with Gasteiger partial charge >= 0.3 is 0 Å². The zero-order valence-corrected chi connectivity index (χ0v) is 12.0. The van der Waals surface area contributed by atoms with Crippen LogP contribution >= 0.6 is 15.9 Å². The summed E-state index contributed by atoms with van der Waals surface area (Å²) in [5, 5.41) is 3.12. The third kappa shape index (κ3) is 2.29. The number of carbonyl (C=O) groups is 1. The molecule has 0 radical (unpaired) electrons. The van der Waals surface area contributed by atoms with Crippen molar-refractivity contribution in [1.29, 1.82) is 0 Å². The van der Waals surface area contributed by atoms with Gasteiger partial charge in [0.05, 0.1) is 22.3 Å². The first kappa shape index (κ1) is 13.1. The van der Waals surface area contributed by atoms with E-state index in [4.69, 9.17) is 4.74 Å². The summed E-state index contributed by atoms with van der Waals surface area (Å²) in [7, 11) is 0. The summed E-state index contributed by atoms with van der Waals surface area (Å²) in [5.74, 6) is -0.321. The van der Waals surface area contributed by atoms with E-state index >= 15 is 0 Å². The summed E-state index contributed by atoms with van der Waals surface area (Å²) < 4.78 is 19.9. The number of halogens is 2. The van der Waals surface area contributed by atoms with Crippen molar-refractivity contribution in [3.8, 4) is 5.75 Å². The summed E-state index contributed by atoms with van der Waals surface area (Å²) in [6.45, 7) is 0.321. The molecule has 5 heteroatoms. The van der Waals surface area contributed by atoms with E-state index in [1.54, 1.807) is 18.2 Å². The number of hydrogen-bond acceptors (Lipinski definition) is 3. The summed E-state index contributed by atoms with van der Waals surface area (Å²) in [6.07, 6.45) is -0.728. The number of anilines is 1. The fourth-order valence-electron chi connectivity index (χ4n) is 2.13. The van der Waals surface area contributed by atoms with Crippen LogP contribution in [0.2, 0.25) is 0 Å². The van der Waals surface area contributed by atoms with Crippen molar-refractivity contribution in [3.05, 3.63) is 58.3 Å². The Morgan fingerprint density at radius 1 is 1.25 bits per heavy atom. The van der Waals surface area contributed by atoms with E-state index in [0.717, 1.165) is 5.69 Å². The predicted molar refractivity (Wildman–Crippen MR) is 77.8 cm³/mol. The third-order valence-corrected chi connectivity index (χ3v) is 3.76. The first-order valence-electron chi connectivity index (χ1n) is 6.14. The maximum absolute atomic E-state index is 14.0. The first-order valence-corrected chi connectivity index (χ1v) is 6.94. The van der Waals surface area contributed by atoms with E-state index < -0.39 is 11.9 Å². The molecule has 0 aliphatic carbocycles. The van der Waals surface area contributed by atoms with Crippen molar-refractivity contribution < 1.29 is 13.9 Å². The molecule has 2 aromatic rings. The van der Waals surface area contributed by atoms with Crippen LogP contribution in [0.5, 0.6) is 5.75 Å². The Hall–Kier alpha value is -1.88. The number of nitrogens with one attached hydrogen (secondary N) is 1. The largest absolute Gasteiger partial charge is 0.478 e. The Kier molecular flexibility index (Phi) is 3.44. The average Bonchev–Trinajstić information content (AvgIpc) is 2.49. The van der Waals surface area contributed by atoms with Crippen LogP contribution in [0.15, 0.2) is 46.9 Å². The highest BCUT2D eigenvalue weighted by molar-refractivity contribution is 9.10. The van der Waals surface area contributed by atoms with Crippen LogP contribution in [-0.4, -0.2) is 18.4 Å². The van der Waals surface area contributed by atoms with Crippen molar-refractivity contribution >= 4 is 27.4 Å². The van der Waals surface area contributed by atoms with Crippen molar-refractivity contribution in [3.63, 3.8) is 0 Å². The smallest absolute Gasteiger partial charge is 0.208 e. The molecule has 3 nitrogen and oxygen atoms in total. The number of ketones is 1. The summed E-state index contributed by atoms with van der Waals surface area (Å²) in [4.78, 5) is 12.4. The summed E-state index contributed by atoms with van der Waals surface area (Å²) in [5.41, 5.74) is 0.872. The van der Waals surface area contributed by atoms with Crippen molar-refractivity contribution in [2.24, 2.45) is 0 Å². The fraction of sp³-hybridized carbons (Fsp3) is 0.133. The Balaban J connectivity index is 1.88. The molecular weight excluding hydrogens is 325 g/mol. The molecule has 20 heavy (non-hydrogen) atoms. The number of hydrogen-bond donors (Lipinski definition) is 1. The second kappa shape index (κ2) is 5.25. The van der Waals surface area contributed by atoms with Gasteiger partial charge < -0.3 is 10.1 Å². The minimum atomic E-state index is -0.728. The van der Waals surface area contributed by atoms with E-state index in [1.165, 1.54) is 6.07 Å². The van der Waals surface area contributed by atoms with E-state index in [-0.39, 0.29) is 15.8 Å². The molecule has 1 N–H and O–H groups in total. The van der Waals surface area contributed by atoms with Gasteiger partial charge in [0.15, 0.2) is 6.10 Å². The van der Waals surface area contributed by atoms with Gasteiger partial charge in [0.1, 0.15) is 11.6 Å². The van der Waals surface area contributed by atoms with Crippen LogP contribution in [0.1, 0.15) is 10.4 Å². The predicted octanol–water partition coefficient (Wildman–Crippen LogP) is 3.64. The van der Waals surface area contributed by atoms with Gasteiger partial charge in [-0.2, -0.15) is 0 Å². The molecule has 0 saturated carbocycles. The third-order valence-electron chi connectivity index (χ3n) is 3.14. The summed E-state index contributed by atoms with van der Waals surface area (Å²) >= 11 is 3.08. The molecule has 0 saturated heterocycles. The Morgan fingerprint density at radius 2 is 2.05 bits per heavy atom. The number of rotatable bonds is 2. The van der Waals surface area contributed by atoms with Crippen molar-refractivity contribution in [2.45, 2.75) is 6.10 Å². The van der Waals surface area contributed by atoms with Gasteiger partial charge in [-0.3, -0.25) is 4.79 Å². The molecule has 1 heterocycles. The van der Waals surface area contributed by atoms with E-state index in [2.05, 4.69) is 21.2 Å². The highest BCUT2D eigenvalue weighted by Crippen LogP contribution is 2.30. The molecule has 2 aromatic carbocycles. The van der Waals surface area contributed by atoms with Crippen LogP contribution < -0.4 is 10.1 Å². The highest BCUT2D eigenvalue weighted by atomic mass is 79.9. The normalized spacial score (nSPS) is 16.8. The SMILES string of the molecule is O=C(c1cccc(Br)c1F)C1CNc2ccccc2O1. The van der Waals surface area contributed by atoms with Gasteiger partial charge in [-0.05, 0) is 40.2 Å². The molecule has 1 atom stereocenters. The fourth-order valence-corrected chi connectivity index (χ4v) is 2.49. The first-order chi connectivity index (χ1) is 9.66. The molecular formula is C15H11BrFNO2. The Bertz CT molecular complexity index is 675. The molecule has 0 aromatic heterocycles. The molecule has 3 rings (SSSR count). The topological polar surface area (TPSA) is 38.3 Å². The molecule has 102 valence electrons. The molecule has 0 amide bonds. The Labute approximate surface area is 123 Å². The second-order valence-electron chi connectivity index (χ2n) is 4.45. The lowest BCUT2D eigenvalue weighted by Gasteiger charge is -2.26. The molecule has 0 spiro atoms. The second-order valence-corrected chi connectivity index (χ2v) is 5.30. The maximum atomic E-state index is 14.0. The molecule has 0 bridgehead atoms. The summed E-state index contributed by atoms with van der Waals surface area (Å²) in [6, 6.07) is 12.0. The van der Waals surface area contributed by atoms with E-state index in [0.29, 0.717) is 12.3 Å². The molecule has 1 aliphatic rings. The highest BCUT2D eigenvalue weighted by Gasteiger charge is 2.28. The van der Waals surface area contributed by atoms with Crippen LogP contribution in [-0.2, 0) is 0 Å². The zero-order valence-electron chi connectivity index (χ0n) is 10.4. The van der Waals surface area contributed by atoms with E-state index in [9.17, 15) is 9.18 Å². The molecule has 0 fully saturated rings. The van der Waals surface area contributed by atoms with E-state index in [1.807, 2.05) is 18.2 Å². The van der Waals surface area contributed by atoms with Gasteiger partial charge in [-0.25, -0.2) is 4.39 Å². The van der Waals surface area contributed by atoms with Crippen LogP contribution in [0, 0.1) is 5.82 Å². The quantitative estimate of drug-likeness (QED) is 0.851. The van der Waals surface area contributed by atoms with Crippen LogP contribution in [0.4, 0.5) is 10.1 Å². The number of ether oxygens (including phenoxy) is 1. The lowest BCUT2D eigenvalue weighted by atomic mass is 10.0. The Morgan fingerprint density at radius 3 is 2.90 bits per heavy atom. The minimum absolute atomic E-state index is 0.0329. The van der Waals surface area contributed by atoms with Gasteiger partial charge in [0, 0.05) is 0 Å². The lowest BCUT2D eigenvalue weighted by molar-refractivity contribution is 0.0797. The minimum Gasteiger partial charge on any atom is -0.478 e. The van der Waals surface area contributed by atoms with Crippen molar-refractivity contribution in [2.75, 3.05) is 11.9 Å². The lowest BCUT2D eigenvalue weighted by Crippen LogP contribution is -2.38.